The zero-order chi connectivity index (χ0) is 12.5. The van der Waals surface area contributed by atoms with Gasteiger partial charge in [0.1, 0.15) is 5.82 Å². The number of nitrogens with zero attached hydrogens (tertiary/aromatic N) is 2. The molecule has 1 heterocycles. The van der Waals surface area contributed by atoms with Crippen molar-refractivity contribution in [3.8, 4) is 5.69 Å². The molecule has 18 heavy (non-hydrogen) atoms. The molecule has 1 aliphatic carbocycles. The van der Waals surface area contributed by atoms with Crippen molar-refractivity contribution in [2.24, 2.45) is 0 Å². The summed E-state index contributed by atoms with van der Waals surface area (Å²) in [5.41, 5.74) is 1.69. The maximum atomic E-state index is 13.2. The lowest BCUT2D eigenvalue weighted by Crippen LogP contribution is -2.15. The standard InChI is InChI=1S/C13H13BrFN3/c14-12-4-1-9(15)7-13(12)18-6-5-11(17-18)8-16-10-2-3-10/h1,4-7,10,16H,2-3,8H2. The Hall–Kier alpha value is -1.20. The van der Waals surface area contributed by atoms with Crippen LogP contribution in [-0.4, -0.2) is 15.8 Å². The lowest BCUT2D eigenvalue weighted by molar-refractivity contribution is 0.624. The second kappa shape index (κ2) is 4.82. The fourth-order valence-corrected chi connectivity index (χ4v) is 2.22. The van der Waals surface area contributed by atoms with Crippen LogP contribution in [0.5, 0.6) is 0 Å². The van der Waals surface area contributed by atoms with Crippen LogP contribution in [0.15, 0.2) is 34.9 Å². The van der Waals surface area contributed by atoms with Crippen LogP contribution in [0.3, 0.4) is 0 Å². The van der Waals surface area contributed by atoms with E-state index in [1.54, 1.807) is 10.7 Å². The zero-order valence-electron chi connectivity index (χ0n) is 9.74. The summed E-state index contributed by atoms with van der Waals surface area (Å²) in [5, 5.41) is 7.84. The molecule has 0 spiro atoms. The molecule has 94 valence electrons. The summed E-state index contributed by atoms with van der Waals surface area (Å²) in [6, 6.07) is 7.19. The normalized spacial score (nSPS) is 15.0. The summed E-state index contributed by atoms with van der Waals surface area (Å²) in [6.07, 6.45) is 4.37. The van der Waals surface area contributed by atoms with Crippen molar-refractivity contribution in [2.75, 3.05) is 0 Å². The minimum absolute atomic E-state index is 0.263. The molecule has 3 rings (SSSR count). The Morgan fingerprint density at radius 1 is 1.39 bits per heavy atom. The Morgan fingerprint density at radius 3 is 3.00 bits per heavy atom. The zero-order valence-corrected chi connectivity index (χ0v) is 11.3. The first-order valence-electron chi connectivity index (χ1n) is 5.96. The molecule has 5 heteroatoms. The van der Waals surface area contributed by atoms with Gasteiger partial charge in [-0.25, -0.2) is 9.07 Å². The largest absolute Gasteiger partial charge is 0.308 e. The smallest absolute Gasteiger partial charge is 0.125 e. The van der Waals surface area contributed by atoms with E-state index in [1.807, 2.05) is 12.3 Å². The molecule has 1 saturated carbocycles. The van der Waals surface area contributed by atoms with E-state index < -0.39 is 0 Å². The minimum atomic E-state index is -0.263. The van der Waals surface area contributed by atoms with E-state index in [4.69, 9.17) is 0 Å². The van der Waals surface area contributed by atoms with Crippen LogP contribution in [0.2, 0.25) is 0 Å². The van der Waals surface area contributed by atoms with E-state index >= 15 is 0 Å². The van der Waals surface area contributed by atoms with Gasteiger partial charge in [0.15, 0.2) is 0 Å². The lowest BCUT2D eigenvalue weighted by atomic mass is 10.3. The van der Waals surface area contributed by atoms with Crippen molar-refractivity contribution in [2.45, 2.75) is 25.4 Å². The van der Waals surface area contributed by atoms with Crippen LogP contribution >= 0.6 is 15.9 Å². The number of hydrogen-bond acceptors (Lipinski definition) is 2. The highest BCUT2D eigenvalue weighted by Gasteiger charge is 2.20. The van der Waals surface area contributed by atoms with Crippen LogP contribution in [0.25, 0.3) is 5.69 Å². The number of benzene rings is 1. The molecule has 2 aromatic rings. The van der Waals surface area contributed by atoms with Crippen molar-refractivity contribution in [3.63, 3.8) is 0 Å². The first-order valence-corrected chi connectivity index (χ1v) is 6.75. The van der Waals surface area contributed by atoms with Gasteiger partial charge in [-0.05, 0) is 47.0 Å². The third-order valence-electron chi connectivity index (χ3n) is 2.95. The molecule has 0 saturated heterocycles. The number of hydrogen-bond donors (Lipinski definition) is 1. The maximum Gasteiger partial charge on any atom is 0.125 e. The fourth-order valence-electron chi connectivity index (χ4n) is 1.79. The van der Waals surface area contributed by atoms with Gasteiger partial charge in [-0.3, -0.25) is 0 Å². The Morgan fingerprint density at radius 2 is 2.22 bits per heavy atom. The van der Waals surface area contributed by atoms with Crippen LogP contribution in [0, 0.1) is 5.82 Å². The molecule has 0 aliphatic heterocycles. The average Bonchev–Trinajstić information content (AvgIpc) is 3.08. The minimum Gasteiger partial charge on any atom is -0.308 e. The molecule has 1 fully saturated rings. The third kappa shape index (κ3) is 2.62. The molecule has 1 aliphatic rings. The Labute approximate surface area is 113 Å². The quantitative estimate of drug-likeness (QED) is 0.941. The Bertz CT molecular complexity index is 563. The summed E-state index contributed by atoms with van der Waals surface area (Å²) in [7, 11) is 0. The Kier molecular flexibility index (Phi) is 3.18. The Balaban J connectivity index is 1.80. The van der Waals surface area contributed by atoms with Gasteiger partial charge in [-0.1, -0.05) is 0 Å². The fraction of sp³-hybridized carbons (Fsp3) is 0.308. The molecular formula is C13H13BrFN3. The van der Waals surface area contributed by atoms with Crippen LogP contribution in [0.4, 0.5) is 4.39 Å². The van der Waals surface area contributed by atoms with E-state index in [0.29, 0.717) is 11.7 Å². The molecule has 0 radical (unpaired) electrons. The highest BCUT2D eigenvalue weighted by atomic mass is 79.9. The highest BCUT2D eigenvalue weighted by Crippen LogP contribution is 2.22. The van der Waals surface area contributed by atoms with Gasteiger partial charge in [0.05, 0.1) is 11.4 Å². The van der Waals surface area contributed by atoms with E-state index in [0.717, 1.165) is 16.7 Å². The first kappa shape index (κ1) is 11.9. The number of rotatable bonds is 4. The predicted octanol–water partition coefficient (Wildman–Crippen LogP) is 3.03. The topological polar surface area (TPSA) is 29.9 Å². The molecule has 1 N–H and O–H groups in total. The van der Waals surface area contributed by atoms with Crippen molar-refractivity contribution in [1.82, 2.24) is 15.1 Å². The summed E-state index contributed by atoms with van der Waals surface area (Å²) in [5.74, 6) is -0.263. The van der Waals surface area contributed by atoms with Crippen molar-refractivity contribution in [1.29, 1.82) is 0 Å². The van der Waals surface area contributed by atoms with Gasteiger partial charge in [0.2, 0.25) is 0 Å². The monoisotopic (exact) mass is 309 g/mol. The predicted molar refractivity (Wildman–Crippen MR) is 71.1 cm³/mol. The summed E-state index contributed by atoms with van der Waals surface area (Å²) in [6.45, 7) is 0.768. The van der Waals surface area contributed by atoms with Crippen molar-refractivity contribution in [3.05, 3.63) is 46.4 Å². The van der Waals surface area contributed by atoms with Crippen molar-refractivity contribution >= 4 is 15.9 Å². The summed E-state index contributed by atoms with van der Waals surface area (Å²) >= 11 is 3.41. The van der Waals surface area contributed by atoms with Crippen molar-refractivity contribution < 1.29 is 4.39 Å². The third-order valence-corrected chi connectivity index (χ3v) is 3.62. The van der Waals surface area contributed by atoms with Gasteiger partial charge in [0.25, 0.3) is 0 Å². The molecule has 0 amide bonds. The van der Waals surface area contributed by atoms with Gasteiger partial charge in [0, 0.05) is 29.3 Å². The molecular weight excluding hydrogens is 297 g/mol. The molecule has 1 aromatic carbocycles. The molecule has 0 unspecified atom stereocenters. The molecule has 1 aromatic heterocycles. The second-order valence-electron chi connectivity index (χ2n) is 4.50. The summed E-state index contributed by atoms with van der Waals surface area (Å²) in [4.78, 5) is 0. The highest BCUT2D eigenvalue weighted by molar-refractivity contribution is 9.10. The molecule has 0 atom stereocenters. The van der Waals surface area contributed by atoms with E-state index in [2.05, 4.69) is 26.3 Å². The number of halogens is 2. The van der Waals surface area contributed by atoms with Gasteiger partial charge in [-0.2, -0.15) is 5.10 Å². The van der Waals surface area contributed by atoms with Gasteiger partial charge >= 0.3 is 0 Å². The number of nitrogens with one attached hydrogen (secondary N) is 1. The van der Waals surface area contributed by atoms with Crippen LogP contribution < -0.4 is 5.32 Å². The first-order chi connectivity index (χ1) is 8.72. The second-order valence-corrected chi connectivity index (χ2v) is 5.36. The summed E-state index contributed by atoms with van der Waals surface area (Å²) < 4.78 is 15.7. The van der Waals surface area contributed by atoms with Gasteiger partial charge < -0.3 is 5.32 Å². The molecule has 3 nitrogen and oxygen atoms in total. The maximum absolute atomic E-state index is 13.2. The average molecular weight is 310 g/mol. The van der Waals surface area contributed by atoms with E-state index in [9.17, 15) is 4.39 Å². The van der Waals surface area contributed by atoms with E-state index in [1.165, 1.54) is 25.0 Å². The van der Waals surface area contributed by atoms with Crippen LogP contribution in [-0.2, 0) is 6.54 Å². The van der Waals surface area contributed by atoms with E-state index in [-0.39, 0.29) is 5.82 Å². The SMILES string of the molecule is Fc1ccc(Br)c(-n2ccc(CNC3CC3)n2)c1. The lowest BCUT2D eigenvalue weighted by Gasteiger charge is -2.04. The molecule has 0 bridgehead atoms. The number of aromatic nitrogens is 2. The van der Waals surface area contributed by atoms with Crippen LogP contribution in [0.1, 0.15) is 18.5 Å². The van der Waals surface area contributed by atoms with Gasteiger partial charge in [-0.15, -0.1) is 0 Å².